The molecule has 1 aromatic rings. The van der Waals surface area contributed by atoms with Crippen molar-refractivity contribution in [3.63, 3.8) is 0 Å². The quantitative estimate of drug-likeness (QED) is 0.722. The Bertz CT molecular complexity index is 288. The van der Waals surface area contributed by atoms with E-state index in [-0.39, 0.29) is 6.04 Å². The smallest absolute Gasteiger partial charge is 0.121 e. The van der Waals surface area contributed by atoms with Crippen molar-refractivity contribution < 1.29 is 4.42 Å². The fraction of sp³-hybridized carbons (Fsp3) is 0.455. The van der Waals surface area contributed by atoms with Gasteiger partial charge in [-0.25, -0.2) is 0 Å². The Morgan fingerprint density at radius 2 is 2.31 bits per heavy atom. The Morgan fingerprint density at radius 3 is 2.77 bits per heavy atom. The van der Waals surface area contributed by atoms with Gasteiger partial charge in [0.25, 0.3) is 0 Å². The molecule has 1 heterocycles. The first kappa shape index (κ1) is 10.1. The Balaban J connectivity index is 2.58. The minimum absolute atomic E-state index is 0.0406. The average molecular weight is 179 g/mol. The second-order valence-corrected chi connectivity index (χ2v) is 3.36. The molecule has 0 spiro atoms. The van der Waals surface area contributed by atoms with Crippen LogP contribution < -0.4 is 5.73 Å². The maximum atomic E-state index is 5.93. The zero-order valence-electron chi connectivity index (χ0n) is 8.34. The highest BCUT2D eigenvalue weighted by Crippen LogP contribution is 2.20. The summed E-state index contributed by atoms with van der Waals surface area (Å²) < 4.78 is 5.42. The van der Waals surface area contributed by atoms with Gasteiger partial charge in [0.1, 0.15) is 11.5 Å². The third kappa shape index (κ3) is 2.74. The van der Waals surface area contributed by atoms with Crippen LogP contribution in [0.4, 0.5) is 0 Å². The van der Waals surface area contributed by atoms with E-state index in [1.54, 1.807) is 0 Å². The Labute approximate surface area is 79.4 Å². The largest absolute Gasteiger partial charge is 0.465 e. The van der Waals surface area contributed by atoms with Gasteiger partial charge in [0.05, 0.1) is 6.04 Å². The van der Waals surface area contributed by atoms with Crippen LogP contribution in [-0.2, 0) is 0 Å². The molecule has 0 aliphatic rings. The SMILES string of the molecule is C=C(CC)CC(N)c1ccc(C)o1. The van der Waals surface area contributed by atoms with Gasteiger partial charge < -0.3 is 10.2 Å². The summed E-state index contributed by atoms with van der Waals surface area (Å²) in [6, 6.07) is 3.83. The van der Waals surface area contributed by atoms with Crippen LogP contribution in [-0.4, -0.2) is 0 Å². The molecule has 13 heavy (non-hydrogen) atoms. The predicted molar refractivity (Wildman–Crippen MR) is 54.4 cm³/mol. The normalized spacial score (nSPS) is 12.8. The monoisotopic (exact) mass is 179 g/mol. The Kier molecular flexibility index (Phi) is 3.32. The van der Waals surface area contributed by atoms with Gasteiger partial charge in [-0.3, -0.25) is 0 Å². The molecular weight excluding hydrogens is 162 g/mol. The first-order chi connectivity index (χ1) is 6.13. The van der Waals surface area contributed by atoms with Gasteiger partial charge in [-0.05, 0) is 31.9 Å². The van der Waals surface area contributed by atoms with Gasteiger partial charge in [-0.2, -0.15) is 0 Å². The lowest BCUT2D eigenvalue weighted by Crippen LogP contribution is -2.09. The van der Waals surface area contributed by atoms with Gasteiger partial charge in [0.15, 0.2) is 0 Å². The van der Waals surface area contributed by atoms with E-state index in [1.807, 2.05) is 19.1 Å². The zero-order valence-corrected chi connectivity index (χ0v) is 8.34. The standard InChI is InChI=1S/C11H17NO/c1-4-8(2)7-10(12)11-6-5-9(3)13-11/h5-6,10H,2,4,7,12H2,1,3H3. The van der Waals surface area contributed by atoms with Gasteiger partial charge in [-0.15, -0.1) is 0 Å². The van der Waals surface area contributed by atoms with Crippen LogP contribution in [0.25, 0.3) is 0 Å². The minimum Gasteiger partial charge on any atom is -0.465 e. The average Bonchev–Trinajstić information content (AvgIpc) is 2.51. The van der Waals surface area contributed by atoms with Crippen molar-refractivity contribution in [3.05, 3.63) is 35.8 Å². The molecule has 2 heteroatoms. The summed E-state index contributed by atoms with van der Waals surface area (Å²) in [5.74, 6) is 1.76. The number of furan rings is 1. The highest BCUT2D eigenvalue weighted by Gasteiger charge is 2.10. The summed E-state index contributed by atoms with van der Waals surface area (Å²) in [5, 5.41) is 0. The number of hydrogen-bond acceptors (Lipinski definition) is 2. The van der Waals surface area contributed by atoms with E-state index in [4.69, 9.17) is 10.2 Å². The molecule has 0 fully saturated rings. The molecule has 1 atom stereocenters. The topological polar surface area (TPSA) is 39.2 Å². The number of hydrogen-bond donors (Lipinski definition) is 1. The van der Waals surface area contributed by atoms with E-state index in [9.17, 15) is 0 Å². The van der Waals surface area contributed by atoms with Crippen molar-refractivity contribution in [2.24, 2.45) is 5.73 Å². The lowest BCUT2D eigenvalue weighted by Gasteiger charge is -2.09. The van der Waals surface area contributed by atoms with E-state index in [0.717, 1.165) is 24.4 Å². The molecular formula is C11H17NO. The zero-order chi connectivity index (χ0) is 9.84. The molecule has 0 aliphatic heterocycles. The van der Waals surface area contributed by atoms with Crippen LogP contribution in [0.2, 0.25) is 0 Å². The summed E-state index contributed by atoms with van der Waals surface area (Å²) in [5.41, 5.74) is 7.10. The summed E-state index contributed by atoms with van der Waals surface area (Å²) in [4.78, 5) is 0. The van der Waals surface area contributed by atoms with E-state index < -0.39 is 0 Å². The first-order valence-corrected chi connectivity index (χ1v) is 4.62. The second-order valence-electron chi connectivity index (χ2n) is 3.36. The second kappa shape index (κ2) is 4.28. The molecule has 72 valence electrons. The van der Waals surface area contributed by atoms with Crippen molar-refractivity contribution in [3.8, 4) is 0 Å². The molecule has 0 aliphatic carbocycles. The van der Waals surface area contributed by atoms with Crippen LogP contribution in [0.15, 0.2) is 28.7 Å². The molecule has 1 aromatic heterocycles. The van der Waals surface area contributed by atoms with Gasteiger partial charge in [-0.1, -0.05) is 19.1 Å². The number of aryl methyl sites for hydroxylation is 1. The van der Waals surface area contributed by atoms with Crippen molar-refractivity contribution >= 4 is 0 Å². The van der Waals surface area contributed by atoms with E-state index in [2.05, 4.69) is 13.5 Å². The third-order valence-corrected chi connectivity index (χ3v) is 2.14. The molecule has 0 bridgehead atoms. The molecule has 0 radical (unpaired) electrons. The molecule has 1 unspecified atom stereocenters. The molecule has 0 aromatic carbocycles. The van der Waals surface area contributed by atoms with Crippen molar-refractivity contribution in [2.45, 2.75) is 32.7 Å². The fourth-order valence-electron chi connectivity index (χ4n) is 1.21. The summed E-state index contributed by atoms with van der Waals surface area (Å²) in [6.07, 6.45) is 1.79. The van der Waals surface area contributed by atoms with Crippen LogP contribution in [0.3, 0.4) is 0 Å². The maximum absolute atomic E-state index is 5.93. The van der Waals surface area contributed by atoms with Crippen molar-refractivity contribution in [2.75, 3.05) is 0 Å². The summed E-state index contributed by atoms with van der Waals surface area (Å²) in [7, 11) is 0. The summed E-state index contributed by atoms with van der Waals surface area (Å²) in [6.45, 7) is 7.93. The number of rotatable bonds is 4. The molecule has 0 amide bonds. The van der Waals surface area contributed by atoms with Crippen LogP contribution >= 0.6 is 0 Å². The first-order valence-electron chi connectivity index (χ1n) is 4.62. The third-order valence-electron chi connectivity index (χ3n) is 2.14. The van der Waals surface area contributed by atoms with Crippen molar-refractivity contribution in [1.29, 1.82) is 0 Å². The highest BCUT2D eigenvalue weighted by molar-refractivity contribution is 5.12. The molecule has 0 saturated carbocycles. The van der Waals surface area contributed by atoms with Gasteiger partial charge in [0.2, 0.25) is 0 Å². The van der Waals surface area contributed by atoms with E-state index >= 15 is 0 Å². The van der Waals surface area contributed by atoms with Crippen LogP contribution in [0.1, 0.15) is 37.3 Å². The molecule has 0 saturated heterocycles. The molecule has 2 nitrogen and oxygen atoms in total. The highest BCUT2D eigenvalue weighted by atomic mass is 16.3. The summed E-state index contributed by atoms with van der Waals surface area (Å²) >= 11 is 0. The van der Waals surface area contributed by atoms with E-state index in [1.165, 1.54) is 5.57 Å². The Morgan fingerprint density at radius 1 is 1.62 bits per heavy atom. The lowest BCUT2D eigenvalue weighted by molar-refractivity contribution is 0.443. The maximum Gasteiger partial charge on any atom is 0.121 e. The Hall–Kier alpha value is -1.02. The van der Waals surface area contributed by atoms with Crippen molar-refractivity contribution in [1.82, 2.24) is 0 Å². The van der Waals surface area contributed by atoms with E-state index in [0.29, 0.717) is 0 Å². The molecule has 2 N–H and O–H groups in total. The minimum atomic E-state index is -0.0406. The predicted octanol–water partition coefficient (Wildman–Crippen LogP) is 2.94. The molecule has 1 rings (SSSR count). The van der Waals surface area contributed by atoms with Crippen LogP contribution in [0, 0.1) is 6.92 Å². The fourth-order valence-corrected chi connectivity index (χ4v) is 1.21. The number of nitrogens with two attached hydrogens (primary N) is 1. The van der Waals surface area contributed by atoms with Gasteiger partial charge in [0, 0.05) is 0 Å². The van der Waals surface area contributed by atoms with Gasteiger partial charge >= 0.3 is 0 Å². The lowest BCUT2D eigenvalue weighted by atomic mass is 10.0. The van der Waals surface area contributed by atoms with Crippen LogP contribution in [0.5, 0.6) is 0 Å².